The van der Waals surface area contributed by atoms with E-state index >= 15 is 0 Å². The van der Waals surface area contributed by atoms with Crippen molar-refractivity contribution in [1.29, 1.82) is 0 Å². The van der Waals surface area contributed by atoms with Crippen LogP contribution in [-0.4, -0.2) is 7.11 Å². The van der Waals surface area contributed by atoms with E-state index in [2.05, 4.69) is 62.5 Å². The molecule has 0 aliphatic carbocycles. The van der Waals surface area contributed by atoms with Gasteiger partial charge in [-0.3, -0.25) is 0 Å². The lowest BCUT2D eigenvalue weighted by Gasteiger charge is -2.22. The first-order valence-electron chi connectivity index (χ1n) is 7.92. The summed E-state index contributed by atoms with van der Waals surface area (Å²) in [7, 11) is 1.68. The molecular weight excluding hydrogens is 282 g/mol. The summed E-state index contributed by atoms with van der Waals surface area (Å²) in [6.07, 6.45) is 0. The van der Waals surface area contributed by atoms with Crippen molar-refractivity contribution in [1.82, 2.24) is 0 Å². The first-order chi connectivity index (χ1) is 11.0. The van der Waals surface area contributed by atoms with E-state index in [1.807, 2.05) is 24.3 Å². The number of ether oxygens (including phenoxy) is 1. The summed E-state index contributed by atoms with van der Waals surface area (Å²) in [6, 6.07) is 21.1. The van der Waals surface area contributed by atoms with Crippen molar-refractivity contribution in [2.24, 2.45) is 0 Å². The standard InChI is InChI=1S/C21H23NO/c1-21(2,3)16-13-15-7-5-6-8-19(15)20(14-16)22-17-9-11-18(23-4)12-10-17/h5-14,22H,1-4H3. The summed E-state index contributed by atoms with van der Waals surface area (Å²) in [5.41, 5.74) is 3.63. The quantitative estimate of drug-likeness (QED) is 0.651. The Morgan fingerprint density at radius 1 is 0.870 bits per heavy atom. The van der Waals surface area contributed by atoms with Crippen LogP contribution in [0.1, 0.15) is 26.3 Å². The van der Waals surface area contributed by atoms with Crippen molar-refractivity contribution in [2.75, 3.05) is 12.4 Å². The summed E-state index contributed by atoms with van der Waals surface area (Å²) in [5, 5.41) is 6.05. The smallest absolute Gasteiger partial charge is 0.119 e. The molecule has 2 nitrogen and oxygen atoms in total. The van der Waals surface area contributed by atoms with Crippen LogP contribution in [0.4, 0.5) is 11.4 Å². The highest BCUT2D eigenvalue weighted by molar-refractivity contribution is 5.96. The number of hydrogen-bond acceptors (Lipinski definition) is 2. The predicted octanol–water partition coefficient (Wildman–Crippen LogP) is 5.89. The molecular formula is C21H23NO. The van der Waals surface area contributed by atoms with E-state index in [4.69, 9.17) is 4.74 Å². The minimum atomic E-state index is 0.111. The average Bonchev–Trinajstić information content (AvgIpc) is 2.54. The fourth-order valence-electron chi connectivity index (χ4n) is 2.68. The zero-order chi connectivity index (χ0) is 16.4. The van der Waals surface area contributed by atoms with Gasteiger partial charge in [0.05, 0.1) is 7.11 Å². The van der Waals surface area contributed by atoms with Gasteiger partial charge in [0.1, 0.15) is 5.75 Å². The van der Waals surface area contributed by atoms with Crippen LogP contribution < -0.4 is 10.1 Å². The number of rotatable bonds is 3. The first-order valence-corrected chi connectivity index (χ1v) is 7.92. The summed E-state index contributed by atoms with van der Waals surface area (Å²) in [6.45, 7) is 6.73. The molecule has 0 unspecified atom stereocenters. The van der Waals surface area contributed by atoms with Crippen molar-refractivity contribution in [3.63, 3.8) is 0 Å². The third-order valence-electron chi connectivity index (χ3n) is 4.10. The Balaban J connectivity index is 2.07. The molecule has 23 heavy (non-hydrogen) atoms. The zero-order valence-corrected chi connectivity index (χ0v) is 14.2. The number of nitrogens with one attached hydrogen (secondary N) is 1. The summed E-state index contributed by atoms with van der Waals surface area (Å²) in [4.78, 5) is 0. The van der Waals surface area contributed by atoms with Gasteiger partial charge in [0.25, 0.3) is 0 Å². The third kappa shape index (κ3) is 3.31. The molecule has 0 aliphatic heterocycles. The lowest BCUT2D eigenvalue weighted by atomic mass is 9.85. The van der Waals surface area contributed by atoms with Crippen LogP contribution >= 0.6 is 0 Å². The minimum Gasteiger partial charge on any atom is -0.497 e. The van der Waals surface area contributed by atoms with Crippen molar-refractivity contribution in [3.05, 3.63) is 66.2 Å². The second kappa shape index (κ2) is 5.96. The maximum Gasteiger partial charge on any atom is 0.119 e. The molecule has 0 heterocycles. The van der Waals surface area contributed by atoms with Crippen molar-refractivity contribution in [3.8, 4) is 5.75 Å². The summed E-state index contributed by atoms with van der Waals surface area (Å²) < 4.78 is 5.23. The lowest BCUT2D eigenvalue weighted by Crippen LogP contribution is -2.11. The predicted molar refractivity (Wildman–Crippen MR) is 98.9 cm³/mol. The molecule has 3 aromatic carbocycles. The molecule has 3 rings (SSSR count). The number of fused-ring (bicyclic) bond motifs is 1. The van der Waals surface area contributed by atoms with Crippen molar-refractivity contribution < 1.29 is 4.74 Å². The van der Waals surface area contributed by atoms with Gasteiger partial charge < -0.3 is 10.1 Å². The first kappa shape index (κ1) is 15.4. The molecule has 0 radical (unpaired) electrons. The second-order valence-corrected chi connectivity index (χ2v) is 6.85. The van der Waals surface area contributed by atoms with E-state index in [-0.39, 0.29) is 5.41 Å². The maximum atomic E-state index is 5.23. The van der Waals surface area contributed by atoms with E-state index in [9.17, 15) is 0 Å². The highest BCUT2D eigenvalue weighted by Crippen LogP contribution is 2.33. The zero-order valence-electron chi connectivity index (χ0n) is 14.2. The fraction of sp³-hybridized carbons (Fsp3) is 0.238. The topological polar surface area (TPSA) is 21.3 Å². The number of methoxy groups -OCH3 is 1. The monoisotopic (exact) mass is 305 g/mol. The van der Waals surface area contributed by atoms with E-state index in [1.165, 1.54) is 16.3 Å². The fourth-order valence-corrected chi connectivity index (χ4v) is 2.68. The van der Waals surface area contributed by atoms with Crippen LogP contribution in [0.3, 0.4) is 0 Å². The van der Waals surface area contributed by atoms with Gasteiger partial charge in [0.2, 0.25) is 0 Å². The number of hydrogen-bond donors (Lipinski definition) is 1. The van der Waals surface area contributed by atoms with Crippen LogP contribution in [0, 0.1) is 0 Å². The number of anilines is 2. The SMILES string of the molecule is COc1ccc(Nc2cc(C(C)(C)C)cc3ccccc23)cc1. The molecule has 3 aromatic rings. The van der Waals surface area contributed by atoms with E-state index in [0.717, 1.165) is 17.1 Å². The molecule has 0 bridgehead atoms. The summed E-state index contributed by atoms with van der Waals surface area (Å²) in [5.74, 6) is 0.865. The van der Waals surface area contributed by atoms with Crippen LogP contribution in [0.2, 0.25) is 0 Å². The summed E-state index contributed by atoms with van der Waals surface area (Å²) >= 11 is 0. The molecule has 0 saturated carbocycles. The van der Waals surface area contributed by atoms with Crippen molar-refractivity contribution >= 4 is 22.1 Å². The van der Waals surface area contributed by atoms with Crippen LogP contribution in [0.5, 0.6) is 5.75 Å². The van der Waals surface area contributed by atoms with Gasteiger partial charge in [-0.25, -0.2) is 0 Å². The van der Waals surface area contributed by atoms with E-state index in [1.54, 1.807) is 7.11 Å². The normalized spacial score (nSPS) is 11.5. The second-order valence-electron chi connectivity index (χ2n) is 6.85. The van der Waals surface area contributed by atoms with Crippen LogP contribution in [0.15, 0.2) is 60.7 Å². The maximum absolute atomic E-state index is 5.23. The molecule has 0 aromatic heterocycles. The number of benzene rings is 3. The van der Waals surface area contributed by atoms with Gasteiger partial charge in [-0.05, 0) is 46.7 Å². The molecule has 0 aliphatic rings. The Labute approximate surface area is 138 Å². The Bertz CT molecular complexity index is 813. The van der Waals surface area contributed by atoms with Gasteiger partial charge in [-0.2, -0.15) is 0 Å². The van der Waals surface area contributed by atoms with Gasteiger partial charge in [0, 0.05) is 16.8 Å². The van der Waals surface area contributed by atoms with Gasteiger partial charge in [-0.15, -0.1) is 0 Å². The average molecular weight is 305 g/mol. The molecule has 2 heteroatoms. The van der Waals surface area contributed by atoms with Gasteiger partial charge in [-0.1, -0.05) is 51.1 Å². The lowest BCUT2D eigenvalue weighted by molar-refractivity contribution is 0.415. The Morgan fingerprint density at radius 3 is 2.22 bits per heavy atom. The van der Waals surface area contributed by atoms with Crippen LogP contribution in [0.25, 0.3) is 10.8 Å². The molecule has 0 amide bonds. The molecule has 0 atom stereocenters. The van der Waals surface area contributed by atoms with Crippen molar-refractivity contribution in [2.45, 2.75) is 26.2 Å². The van der Waals surface area contributed by atoms with E-state index < -0.39 is 0 Å². The molecule has 118 valence electrons. The molecule has 0 fully saturated rings. The molecule has 0 spiro atoms. The van der Waals surface area contributed by atoms with Gasteiger partial charge in [0.15, 0.2) is 0 Å². The van der Waals surface area contributed by atoms with Gasteiger partial charge >= 0.3 is 0 Å². The highest BCUT2D eigenvalue weighted by Gasteiger charge is 2.16. The van der Waals surface area contributed by atoms with E-state index in [0.29, 0.717) is 0 Å². The molecule has 1 N–H and O–H groups in total. The largest absolute Gasteiger partial charge is 0.497 e. The highest BCUT2D eigenvalue weighted by atomic mass is 16.5. The molecule has 0 saturated heterocycles. The Hall–Kier alpha value is -2.48. The van der Waals surface area contributed by atoms with Crippen LogP contribution in [-0.2, 0) is 5.41 Å². The Kier molecular flexibility index (Phi) is 3.99. The third-order valence-corrected chi connectivity index (χ3v) is 4.10. The minimum absolute atomic E-state index is 0.111. The Morgan fingerprint density at radius 2 is 1.57 bits per heavy atom.